The van der Waals surface area contributed by atoms with E-state index in [9.17, 15) is 14.4 Å². The van der Waals surface area contributed by atoms with Crippen LogP contribution in [0.15, 0.2) is 115 Å². The largest absolute Gasteiger partial charge is 0.497 e. The van der Waals surface area contributed by atoms with E-state index < -0.39 is 11.8 Å². The Kier molecular flexibility index (Phi) is 9.06. The molecule has 0 atom stereocenters. The van der Waals surface area contributed by atoms with Crippen molar-refractivity contribution in [3.63, 3.8) is 0 Å². The van der Waals surface area contributed by atoms with Gasteiger partial charge in [-0.05, 0) is 83.9 Å². The average molecular weight is 537 g/mol. The van der Waals surface area contributed by atoms with Gasteiger partial charge in [0.05, 0.1) is 7.11 Å². The molecule has 4 rings (SSSR count). The maximum atomic E-state index is 13.2. The number of hydrogen-bond acceptors (Lipinski definition) is 4. The summed E-state index contributed by atoms with van der Waals surface area (Å²) < 4.78 is 5.14. The van der Waals surface area contributed by atoms with Gasteiger partial charge in [-0.2, -0.15) is 0 Å². The zero-order valence-corrected chi connectivity index (χ0v) is 21.8. The van der Waals surface area contributed by atoms with Gasteiger partial charge in [0.2, 0.25) is 0 Å². The minimum Gasteiger partial charge on any atom is -0.497 e. The van der Waals surface area contributed by atoms with Gasteiger partial charge in [0, 0.05) is 21.8 Å². The lowest BCUT2D eigenvalue weighted by molar-refractivity contribution is -0.113. The molecule has 2 N–H and O–H groups in total. The van der Waals surface area contributed by atoms with E-state index in [-0.39, 0.29) is 11.5 Å². The molecule has 0 aromatic heterocycles. The van der Waals surface area contributed by atoms with Crippen LogP contribution in [0.25, 0.3) is 12.2 Å². The predicted octanol–water partition coefficient (Wildman–Crippen LogP) is 6.65. The first-order valence-electron chi connectivity index (χ1n) is 12.0. The molecule has 194 valence electrons. The molecule has 0 fully saturated rings. The van der Waals surface area contributed by atoms with Crippen molar-refractivity contribution in [2.75, 3.05) is 12.4 Å². The fourth-order valence-corrected chi connectivity index (χ4v) is 3.80. The summed E-state index contributed by atoms with van der Waals surface area (Å²) in [5, 5.41) is 5.96. The summed E-state index contributed by atoms with van der Waals surface area (Å²) in [4.78, 5) is 38.6. The second kappa shape index (κ2) is 13.0. The SMILES string of the molecule is COc1ccc(/C=C/C(=O)c2ccc(NC(=O)/C(=C/c3cccc(Cl)c3)NC(=O)c3ccccc3)cc2)cc1. The summed E-state index contributed by atoms with van der Waals surface area (Å²) in [6, 6.07) is 29.4. The van der Waals surface area contributed by atoms with Gasteiger partial charge in [0.1, 0.15) is 11.4 Å². The van der Waals surface area contributed by atoms with Gasteiger partial charge in [0.15, 0.2) is 5.78 Å². The van der Waals surface area contributed by atoms with Crippen LogP contribution in [0.1, 0.15) is 31.8 Å². The van der Waals surface area contributed by atoms with Crippen molar-refractivity contribution in [3.8, 4) is 5.75 Å². The number of hydrogen-bond donors (Lipinski definition) is 2. The van der Waals surface area contributed by atoms with Gasteiger partial charge in [-0.3, -0.25) is 14.4 Å². The van der Waals surface area contributed by atoms with Crippen LogP contribution in [-0.4, -0.2) is 24.7 Å². The van der Waals surface area contributed by atoms with Crippen LogP contribution in [0.4, 0.5) is 5.69 Å². The predicted molar refractivity (Wildman–Crippen MR) is 155 cm³/mol. The van der Waals surface area contributed by atoms with E-state index in [2.05, 4.69) is 10.6 Å². The van der Waals surface area contributed by atoms with Gasteiger partial charge in [-0.15, -0.1) is 0 Å². The lowest BCUT2D eigenvalue weighted by Gasteiger charge is -2.12. The monoisotopic (exact) mass is 536 g/mol. The molecule has 0 spiro atoms. The van der Waals surface area contributed by atoms with E-state index in [0.29, 0.717) is 27.4 Å². The van der Waals surface area contributed by atoms with E-state index >= 15 is 0 Å². The Hall–Kier alpha value is -4.94. The number of halogens is 1. The topological polar surface area (TPSA) is 84.5 Å². The van der Waals surface area contributed by atoms with Gasteiger partial charge < -0.3 is 15.4 Å². The summed E-state index contributed by atoms with van der Waals surface area (Å²) >= 11 is 6.09. The van der Waals surface area contributed by atoms with Crippen LogP contribution in [0, 0.1) is 0 Å². The quantitative estimate of drug-likeness (QED) is 0.185. The van der Waals surface area contributed by atoms with Gasteiger partial charge in [-0.25, -0.2) is 0 Å². The highest BCUT2D eigenvalue weighted by Crippen LogP contribution is 2.17. The number of ketones is 1. The molecular formula is C32H25ClN2O4. The summed E-state index contributed by atoms with van der Waals surface area (Å²) in [5.74, 6) is -0.400. The molecule has 6 nitrogen and oxygen atoms in total. The van der Waals surface area contributed by atoms with Crippen molar-refractivity contribution in [2.24, 2.45) is 0 Å². The Balaban J connectivity index is 1.47. The number of rotatable bonds is 9. The molecule has 0 aliphatic carbocycles. The number of carbonyl (C=O) groups is 3. The number of allylic oxidation sites excluding steroid dienone is 1. The summed E-state index contributed by atoms with van der Waals surface area (Å²) in [6.07, 6.45) is 4.75. The third-order valence-corrected chi connectivity index (χ3v) is 5.89. The van der Waals surface area contributed by atoms with E-state index in [1.54, 1.807) is 98.1 Å². The molecule has 4 aromatic carbocycles. The van der Waals surface area contributed by atoms with E-state index in [1.165, 1.54) is 6.08 Å². The molecule has 0 aliphatic rings. The number of anilines is 1. The first-order valence-corrected chi connectivity index (χ1v) is 12.4. The molecule has 7 heteroatoms. The van der Waals surface area contributed by atoms with Crippen LogP contribution in [0.3, 0.4) is 0 Å². The Morgan fingerprint density at radius 2 is 1.49 bits per heavy atom. The number of carbonyl (C=O) groups excluding carboxylic acids is 3. The molecule has 4 aromatic rings. The summed E-state index contributed by atoms with van der Waals surface area (Å²) in [6.45, 7) is 0. The number of benzene rings is 4. The highest BCUT2D eigenvalue weighted by Gasteiger charge is 2.15. The molecule has 39 heavy (non-hydrogen) atoms. The van der Waals surface area contributed by atoms with Crippen LogP contribution in [0.5, 0.6) is 5.75 Å². The average Bonchev–Trinajstić information content (AvgIpc) is 2.96. The maximum Gasteiger partial charge on any atom is 0.272 e. The van der Waals surface area contributed by atoms with Crippen molar-refractivity contribution in [1.29, 1.82) is 0 Å². The Labute approximate surface area is 231 Å². The fraction of sp³-hybridized carbons (Fsp3) is 0.0312. The Bertz CT molecular complexity index is 1530. The lowest BCUT2D eigenvalue weighted by Crippen LogP contribution is -2.30. The molecular weight excluding hydrogens is 512 g/mol. The normalized spacial score (nSPS) is 11.2. The van der Waals surface area contributed by atoms with Crippen LogP contribution < -0.4 is 15.4 Å². The van der Waals surface area contributed by atoms with Crippen LogP contribution in [0.2, 0.25) is 5.02 Å². The molecule has 0 bridgehead atoms. The maximum absolute atomic E-state index is 13.2. The standard InChI is InChI=1S/C32H25ClN2O4/c1-39-28-17-10-22(11-18-28)12-19-30(36)24-13-15-27(16-14-24)34-32(38)29(21-23-6-5-9-26(33)20-23)35-31(37)25-7-3-2-4-8-25/h2-21H,1H3,(H,34,38)(H,35,37)/b19-12+,29-21-. The molecule has 0 heterocycles. The Morgan fingerprint density at radius 1 is 0.769 bits per heavy atom. The highest BCUT2D eigenvalue weighted by atomic mass is 35.5. The zero-order valence-electron chi connectivity index (χ0n) is 21.1. The lowest BCUT2D eigenvalue weighted by atomic mass is 10.1. The van der Waals surface area contributed by atoms with Crippen molar-refractivity contribution in [3.05, 3.63) is 142 Å². The third kappa shape index (κ3) is 7.77. The van der Waals surface area contributed by atoms with E-state index in [4.69, 9.17) is 16.3 Å². The minimum absolute atomic E-state index is 0.0358. The zero-order chi connectivity index (χ0) is 27.6. The molecule has 0 saturated heterocycles. The number of methoxy groups -OCH3 is 1. The minimum atomic E-state index is -0.530. The van der Waals surface area contributed by atoms with Crippen molar-refractivity contribution >= 4 is 47.0 Å². The smallest absolute Gasteiger partial charge is 0.272 e. The van der Waals surface area contributed by atoms with Crippen molar-refractivity contribution in [2.45, 2.75) is 0 Å². The first kappa shape index (κ1) is 27.1. The van der Waals surface area contributed by atoms with E-state index in [0.717, 1.165) is 11.3 Å². The van der Waals surface area contributed by atoms with E-state index in [1.807, 2.05) is 24.3 Å². The number of amides is 2. The first-order chi connectivity index (χ1) is 18.9. The fourth-order valence-electron chi connectivity index (χ4n) is 3.60. The molecule has 0 radical (unpaired) electrons. The summed E-state index contributed by atoms with van der Waals surface area (Å²) in [5.41, 5.74) is 2.88. The summed E-state index contributed by atoms with van der Waals surface area (Å²) in [7, 11) is 1.59. The van der Waals surface area contributed by atoms with Crippen LogP contribution in [-0.2, 0) is 4.79 Å². The number of ether oxygens (including phenoxy) is 1. The second-order valence-corrected chi connectivity index (χ2v) is 8.87. The molecule has 0 unspecified atom stereocenters. The molecule has 0 saturated carbocycles. The van der Waals surface area contributed by atoms with Crippen molar-refractivity contribution in [1.82, 2.24) is 5.32 Å². The second-order valence-electron chi connectivity index (χ2n) is 8.44. The molecule has 0 aliphatic heterocycles. The van der Waals surface area contributed by atoms with Gasteiger partial charge in [0.25, 0.3) is 11.8 Å². The number of nitrogens with one attached hydrogen (secondary N) is 2. The third-order valence-electron chi connectivity index (χ3n) is 5.66. The van der Waals surface area contributed by atoms with Gasteiger partial charge >= 0.3 is 0 Å². The highest BCUT2D eigenvalue weighted by molar-refractivity contribution is 6.30. The Morgan fingerprint density at radius 3 is 2.15 bits per heavy atom. The van der Waals surface area contributed by atoms with Gasteiger partial charge in [-0.1, -0.05) is 60.1 Å². The van der Waals surface area contributed by atoms with Crippen molar-refractivity contribution < 1.29 is 19.1 Å². The molecule has 2 amide bonds. The van der Waals surface area contributed by atoms with Crippen LogP contribution >= 0.6 is 11.6 Å².